The van der Waals surface area contributed by atoms with Gasteiger partial charge in [0, 0.05) is 13.1 Å². The minimum atomic E-state index is -3.06. The lowest BCUT2D eigenvalue weighted by Gasteiger charge is -2.21. The van der Waals surface area contributed by atoms with E-state index in [9.17, 15) is 8.42 Å². The van der Waals surface area contributed by atoms with E-state index in [0.717, 1.165) is 25.9 Å². The van der Waals surface area contributed by atoms with Gasteiger partial charge in [-0.05, 0) is 12.8 Å². The molecule has 0 spiro atoms. The van der Waals surface area contributed by atoms with E-state index in [1.165, 1.54) is 18.9 Å². The second-order valence-corrected chi connectivity index (χ2v) is 6.77. The lowest BCUT2D eigenvalue weighted by atomic mass is 10.2. The third-order valence-corrected chi connectivity index (χ3v) is 4.53. The largest absolute Gasteiger partial charge is 0.370 e. The van der Waals surface area contributed by atoms with Gasteiger partial charge in [0.15, 0.2) is 15.8 Å². The number of likely N-dealkylation sites (tertiary alicyclic amines) is 1. The molecule has 0 amide bonds. The first kappa shape index (κ1) is 18.7. The Morgan fingerprint density at radius 2 is 1.84 bits per heavy atom. The van der Waals surface area contributed by atoms with Crippen molar-refractivity contribution < 1.29 is 8.42 Å². The number of rotatable bonds is 5. The van der Waals surface area contributed by atoms with E-state index in [0.29, 0.717) is 5.96 Å². The molecule has 1 fully saturated rings. The summed E-state index contributed by atoms with van der Waals surface area (Å²) < 4.78 is 22.9. The first-order valence-corrected chi connectivity index (χ1v) is 8.23. The van der Waals surface area contributed by atoms with Crippen molar-refractivity contribution in [1.82, 2.24) is 4.90 Å². The number of halogens is 1. The van der Waals surface area contributed by atoms with Gasteiger partial charge < -0.3 is 10.6 Å². The van der Waals surface area contributed by atoms with Crippen molar-refractivity contribution in [2.45, 2.75) is 25.7 Å². The van der Waals surface area contributed by atoms with Crippen LogP contribution in [0.25, 0.3) is 0 Å². The molecule has 1 rings (SSSR count). The van der Waals surface area contributed by atoms with Crippen molar-refractivity contribution in [3.05, 3.63) is 12.7 Å². The molecule has 0 atom stereocenters. The van der Waals surface area contributed by atoms with Crippen molar-refractivity contribution in [2.24, 2.45) is 10.7 Å². The van der Waals surface area contributed by atoms with Crippen LogP contribution in [-0.4, -0.2) is 50.4 Å². The maximum Gasteiger partial charge on any atom is 0.191 e. The van der Waals surface area contributed by atoms with Crippen molar-refractivity contribution in [3.8, 4) is 0 Å². The Morgan fingerprint density at radius 3 is 2.37 bits per heavy atom. The zero-order chi connectivity index (χ0) is 13.4. The van der Waals surface area contributed by atoms with Crippen LogP contribution in [0.15, 0.2) is 17.6 Å². The fourth-order valence-corrected chi connectivity index (χ4v) is 2.86. The molecule has 1 saturated heterocycles. The number of nitrogens with zero attached hydrogens (tertiary/aromatic N) is 2. The third kappa shape index (κ3) is 7.76. The molecule has 0 aromatic heterocycles. The minimum Gasteiger partial charge on any atom is -0.370 e. The lowest BCUT2D eigenvalue weighted by Crippen LogP contribution is -2.38. The van der Waals surface area contributed by atoms with Gasteiger partial charge in [0.05, 0.1) is 18.1 Å². The molecule has 2 N–H and O–H groups in total. The monoisotopic (exact) mass is 401 g/mol. The van der Waals surface area contributed by atoms with Crippen LogP contribution in [0.2, 0.25) is 0 Å². The van der Waals surface area contributed by atoms with Crippen LogP contribution in [-0.2, 0) is 9.84 Å². The van der Waals surface area contributed by atoms with E-state index in [1.807, 2.05) is 4.90 Å². The molecule has 0 saturated carbocycles. The smallest absolute Gasteiger partial charge is 0.191 e. The molecular weight excluding hydrogens is 377 g/mol. The molecule has 0 radical (unpaired) electrons. The number of guanidine groups is 1. The molecular formula is C12H24IN3O2S. The topological polar surface area (TPSA) is 75.8 Å². The number of hydrogen-bond donors (Lipinski definition) is 1. The van der Waals surface area contributed by atoms with E-state index in [2.05, 4.69) is 11.6 Å². The zero-order valence-electron chi connectivity index (χ0n) is 11.3. The van der Waals surface area contributed by atoms with Crippen LogP contribution >= 0.6 is 24.0 Å². The molecule has 19 heavy (non-hydrogen) atoms. The molecule has 0 aliphatic carbocycles. The summed E-state index contributed by atoms with van der Waals surface area (Å²) in [7, 11) is -3.06. The Kier molecular flexibility index (Phi) is 9.42. The second-order valence-electron chi connectivity index (χ2n) is 4.54. The molecule has 1 aliphatic heterocycles. The summed E-state index contributed by atoms with van der Waals surface area (Å²) in [5, 5.41) is 0. The Labute approximate surface area is 133 Å². The lowest BCUT2D eigenvalue weighted by molar-refractivity contribution is 0.429. The summed E-state index contributed by atoms with van der Waals surface area (Å²) in [4.78, 5) is 6.21. The molecule has 1 heterocycles. The number of aliphatic imine (C=N–C) groups is 1. The maximum absolute atomic E-state index is 11.4. The van der Waals surface area contributed by atoms with Crippen LogP contribution in [0, 0.1) is 0 Å². The Bertz CT molecular complexity index is 388. The number of hydrogen-bond acceptors (Lipinski definition) is 3. The van der Waals surface area contributed by atoms with Crippen molar-refractivity contribution in [1.29, 1.82) is 0 Å². The average Bonchev–Trinajstić information content (AvgIpc) is 2.56. The van der Waals surface area contributed by atoms with E-state index in [1.54, 1.807) is 0 Å². The number of sulfone groups is 1. The van der Waals surface area contributed by atoms with Gasteiger partial charge in [-0.1, -0.05) is 18.9 Å². The predicted octanol–water partition coefficient (Wildman–Crippen LogP) is 1.40. The van der Waals surface area contributed by atoms with Crippen LogP contribution in [0.1, 0.15) is 25.7 Å². The average molecular weight is 401 g/mol. The summed E-state index contributed by atoms with van der Waals surface area (Å²) >= 11 is 0. The van der Waals surface area contributed by atoms with Crippen LogP contribution in [0.3, 0.4) is 0 Å². The van der Waals surface area contributed by atoms with Gasteiger partial charge in [-0.25, -0.2) is 8.42 Å². The van der Waals surface area contributed by atoms with E-state index < -0.39 is 9.84 Å². The first-order valence-electron chi connectivity index (χ1n) is 6.41. The molecule has 0 unspecified atom stereocenters. The molecule has 0 aromatic carbocycles. The number of nitrogens with two attached hydrogens (primary N) is 1. The highest BCUT2D eigenvalue weighted by molar-refractivity contribution is 14.0. The standard InChI is InChI=1S/C12H23N3O2S.HI/c1-2-10-18(16,17)11-7-14-12(13)15-8-5-3-4-6-9-15;/h2H,1,3-11H2,(H2,13,14);1H. The van der Waals surface area contributed by atoms with Gasteiger partial charge in [0.25, 0.3) is 0 Å². The first-order chi connectivity index (χ1) is 8.55. The van der Waals surface area contributed by atoms with Crippen LogP contribution in [0.5, 0.6) is 0 Å². The highest BCUT2D eigenvalue weighted by Crippen LogP contribution is 2.09. The zero-order valence-corrected chi connectivity index (χ0v) is 14.4. The SMILES string of the molecule is C=CCS(=O)(=O)CCN=C(N)N1CCCCCC1.I. The Hall–Kier alpha value is -0.310. The second kappa shape index (κ2) is 9.57. The van der Waals surface area contributed by atoms with Gasteiger partial charge in [-0.2, -0.15) is 0 Å². The molecule has 0 bridgehead atoms. The quantitative estimate of drug-likeness (QED) is 0.327. The molecule has 0 aromatic rings. The Balaban J connectivity index is 0.00000324. The molecule has 112 valence electrons. The van der Waals surface area contributed by atoms with Crippen molar-refractivity contribution in [3.63, 3.8) is 0 Å². The third-order valence-electron chi connectivity index (χ3n) is 2.98. The predicted molar refractivity (Wildman–Crippen MR) is 90.8 cm³/mol. The van der Waals surface area contributed by atoms with Crippen molar-refractivity contribution in [2.75, 3.05) is 31.1 Å². The molecule has 5 nitrogen and oxygen atoms in total. The molecule has 7 heteroatoms. The summed E-state index contributed by atoms with van der Waals surface area (Å²) in [5.41, 5.74) is 5.88. The maximum atomic E-state index is 11.4. The normalized spacial score (nSPS) is 17.5. The summed E-state index contributed by atoms with van der Waals surface area (Å²) in [5.74, 6) is 0.519. The van der Waals surface area contributed by atoms with E-state index in [4.69, 9.17) is 5.73 Å². The summed E-state index contributed by atoms with van der Waals surface area (Å²) in [6.45, 7) is 5.51. The van der Waals surface area contributed by atoms with Crippen molar-refractivity contribution >= 4 is 39.8 Å². The fraction of sp³-hybridized carbons (Fsp3) is 0.750. The van der Waals surface area contributed by atoms with Gasteiger partial charge in [-0.3, -0.25) is 4.99 Å². The van der Waals surface area contributed by atoms with Gasteiger partial charge in [0.2, 0.25) is 0 Å². The van der Waals surface area contributed by atoms with Gasteiger partial charge >= 0.3 is 0 Å². The Morgan fingerprint density at radius 1 is 1.26 bits per heavy atom. The highest BCUT2D eigenvalue weighted by Gasteiger charge is 2.12. The fourth-order valence-electron chi connectivity index (χ4n) is 1.96. The van der Waals surface area contributed by atoms with Gasteiger partial charge in [0.1, 0.15) is 0 Å². The van der Waals surface area contributed by atoms with Gasteiger partial charge in [-0.15, -0.1) is 30.6 Å². The summed E-state index contributed by atoms with van der Waals surface area (Å²) in [6.07, 6.45) is 6.13. The molecule has 1 aliphatic rings. The summed E-state index contributed by atoms with van der Waals surface area (Å²) in [6, 6.07) is 0. The van der Waals surface area contributed by atoms with E-state index >= 15 is 0 Å². The van der Waals surface area contributed by atoms with Crippen LogP contribution in [0.4, 0.5) is 0 Å². The van der Waals surface area contributed by atoms with Crippen LogP contribution < -0.4 is 5.73 Å². The van der Waals surface area contributed by atoms with E-state index in [-0.39, 0.29) is 42.0 Å². The minimum absolute atomic E-state index is 0. The highest BCUT2D eigenvalue weighted by atomic mass is 127.